The fraction of sp³-hybridized carbons (Fsp3) is 0.500. The lowest BCUT2D eigenvalue weighted by Gasteiger charge is -2.39. The second-order valence-corrected chi connectivity index (χ2v) is 12.6. The predicted octanol–water partition coefficient (Wildman–Crippen LogP) is 4.06. The molecule has 3 aliphatic heterocycles. The number of piperidine rings is 1. The lowest BCUT2D eigenvalue weighted by Crippen LogP contribution is -2.50. The second kappa shape index (κ2) is 13.9. The number of likely N-dealkylation sites (tertiary alicyclic amines) is 2. The number of allylic oxidation sites excluding steroid dienone is 1. The number of nitrogens with two attached hydrogens (primary N) is 3. The molecule has 238 valence electrons. The summed E-state index contributed by atoms with van der Waals surface area (Å²) in [6.07, 6.45) is 6.75. The molecule has 0 bridgehead atoms. The van der Waals surface area contributed by atoms with Crippen LogP contribution < -0.4 is 17.2 Å². The molecule has 2 aromatic carbocycles. The largest absolute Gasteiger partial charge is 0.507 e. The number of alkyl halides is 1. The van der Waals surface area contributed by atoms with E-state index in [0.29, 0.717) is 68.1 Å². The number of benzene rings is 2. The minimum absolute atomic E-state index is 0.0699. The number of nitrogens with zero attached hydrogens (tertiary/aromatic N) is 3. The van der Waals surface area contributed by atoms with Crippen LogP contribution in [0, 0.1) is 0 Å². The Bertz CT molecular complexity index is 1340. The first-order valence-corrected chi connectivity index (χ1v) is 15.8. The molecular weight excluding hydrogens is 559 g/mol. The number of morpholine rings is 1. The molecule has 3 heterocycles. The Hall–Kier alpha value is -3.76. The van der Waals surface area contributed by atoms with E-state index in [9.17, 15) is 9.90 Å². The topological polar surface area (TPSA) is 134 Å². The van der Waals surface area contributed by atoms with Gasteiger partial charge >= 0.3 is 0 Å². The number of rotatable bonds is 7. The van der Waals surface area contributed by atoms with Gasteiger partial charge in [-0.3, -0.25) is 4.79 Å². The van der Waals surface area contributed by atoms with E-state index in [2.05, 4.69) is 4.90 Å². The number of aromatic hydroxyl groups is 1. The summed E-state index contributed by atoms with van der Waals surface area (Å²) in [5.74, 6) is 0.113. The van der Waals surface area contributed by atoms with Gasteiger partial charge in [0.15, 0.2) is 0 Å². The standard InChI is InChI=1S/C34H47FN6O3/c1-24-21-41(29(32(37)38)20-28(36)27-8-4-5-9-30(27)42)22-31(44-24)25-10-12-26(13-11-25)33(43)40-18-14-34(35,15-19-40)23-39-16-6-2-3-7-17-39/h4-5,8-13,20,24,31,42H,2-3,6-7,14-19,21-23,36-38H2,1H3/b28-20-. The van der Waals surface area contributed by atoms with Crippen molar-refractivity contribution in [3.63, 3.8) is 0 Å². The Morgan fingerprint density at radius 1 is 0.955 bits per heavy atom. The van der Waals surface area contributed by atoms with Gasteiger partial charge in [-0.15, -0.1) is 0 Å². The van der Waals surface area contributed by atoms with Crippen molar-refractivity contribution in [2.45, 2.75) is 63.3 Å². The number of phenolic OH excluding ortho intramolecular Hbond substituents is 1. The minimum Gasteiger partial charge on any atom is -0.507 e. The average molecular weight is 607 g/mol. The molecule has 3 saturated heterocycles. The molecule has 0 aliphatic carbocycles. The van der Waals surface area contributed by atoms with E-state index in [4.69, 9.17) is 21.9 Å². The summed E-state index contributed by atoms with van der Waals surface area (Å²) in [4.78, 5) is 19.4. The van der Waals surface area contributed by atoms with Crippen LogP contribution in [0.15, 0.2) is 66.1 Å². The average Bonchev–Trinajstić information content (AvgIpc) is 3.28. The molecule has 7 N–H and O–H groups in total. The quantitative estimate of drug-likeness (QED) is 0.347. The minimum atomic E-state index is -1.23. The van der Waals surface area contributed by atoms with Crippen LogP contribution in [0.1, 0.15) is 73.0 Å². The molecule has 2 aromatic rings. The summed E-state index contributed by atoms with van der Waals surface area (Å²) >= 11 is 0. The van der Waals surface area contributed by atoms with Gasteiger partial charge in [0.05, 0.1) is 11.8 Å². The first-order chi connectivity index (χ1) is 21.1. The SMILES string of the molecule is CC1CN(C(/C=C(\N)c2ccccc2O)=C(N)N)CC(c2ccc(C(=O)N3CCC(F)(CN4CCCCCC4)CC3)cc2)O1. The molecular formula is C34H47FN6O3. The van der Waals surface area contributed by atoms with E-state index in [1.807, 2.05) is 36.1 Å². The summed E-state index contributed by atoms with van der Waals surface area (Å²) in [5, 5.41) is 10.2. The van der Waals surface area contributed by atoms with Crippen molar-refractivity contribution in [1.29, 1.82) is 0 Å². The predicted molar refractivity (Wildman–Crippen MR) is 171 cm³/mol. The number of para-hydroxylation sites is 1. The summed E-state index contributed by atoms with van der Waals surface area (Å²) in [6.45, 7) is 6.28. The normalized spacial score (nSPS) is 23.2. The van der Waals surface area contributed by atoms with Gasteiger partial charge in [0.2, 0.25) is 0 Å². The lowest BCUT2D eigenvalue weighted by atomic mass is 9.92. The first kappa shape index (κ1) is 31.7. The molecule has 5 rings (SSSR count). The van der Waals surface area contributed by atoms with Crippen LogP contribution in [0.3, 0.4) is 0 Å². The fourth-order valence-corrected chi connectivity index (χ4v) is 6.62. The van der Waals surface area contributed by atoms with Crippen LogP contribution in [-0.2, 0) is 4.74 Å². The molecule has 2 unspecified atom stereocenters. The highest BCUT2D eigenvalue weighted by Gasteiger charge is 2.38. The Balaban J connectivity index is 1.22. The van der Waals surface area contributed by atoms with Crippen LogP contribution in [0.4, 0.5) is 4.39 Å². The molecule has 0 aromatic heterocycles. The van der Waals surface area contributed by atoms with Crippen molar-refractivity contribution >= 4 is 11.6 Å². The molecule has 3 fully saturated rings. The molecule has 2 atom stereocenters. The van der Waals surface area contributed by atoms with Crippen molar-refractivity contribution in [3.05, 3.63) is 82.8 Å². The number of carbonyl (C=O) groups excluding carboxylic acids is 1. The molecule has 1 amide bonds. The molecule has 9 nitrogen and oxygen atoms in total. The van der Waals surface area contributed by atoms with Gasteiger partial charge in [-0.25, -0.2) is 4.39 Å². The zero-order valence-electron chi connectivity index (χ0n) is 25.8. The van der Waals surface area contributed by atoms with E-state index in [1.165, 1.54) is 12.8 Å². The Kier molecular flexibility index (Phi) is 10.0. The van der Waals surface area contributed by atoms with Crippen LogP contribution >= 0.6 is 0 Å². The van der Waals surface area contributed by atoms with Gasteiger partial charge in [-0.2, -0.15) is 0 Å². The third kappa shape index (κ3) is 7.65. The van der Waals surface area contributed by atoms with Crippen molar-refractivity contribution < 1.29 is 19.0 Å². The Morgan fingerprint density at radius 2 is 1.61 bits per heavy atom. The third-order valence-corrected chi connectivity index (χ3v) is 9.09. The maximum atomic E-state index is 15.7. The number of carbonyl (C=O) groups is 1. The number of phenols is 1. The number of hydrogen-bond donors (Lipinski definition) is 4. The molecule has 3 aliphatic rings. The number of ether oxygens (including phenoxy) is 1. The third-order valence-electron chi connectivity index (χ3n) is 9.09. The maximum Gasteiger partial charge on any atom is 0.253 e. The molecule has 10 heteroatoms. The highest BCUT2D eigenvalue weighted by Crippen LogP contribution is 2.32. The zero-order chi connectivity index (χ0) is 31.3. The van der Waals surface area contributed by atoms with Gasteiger partial charge in [-0.1, -0.05) is 37.1 Å². The summed E-state index contributed by atoms with van der Waals surface area (Å²) in [6, 6.07) is 14.3. The zero-order valence-corrected chi connectivity index (χ0v) is 25.8. The van der Waals surface area contributed by atoms with Crippen molar-refractivity contribution in [2.24, 2.45) is 17.2 Å². The number of amides is 1. The smallest absolute Gasteiger partial charge is 0.253 e. The fourth-order valence-electron chi connectivity index (χ4n) is 6.62. The molecule has 0 radical (unpaired) electrons. The van der Waals surface area contributed by atoms with E-state index in [1.54, 1.807) is 35.2 Å². The van der Waals surface area contributed by atoms with E-state index in [0.717, 1.165) is 31.5 Å². The van der Waals surface area contributed by atoms with E-state index < -0.39 is 5.67 Å². The number of halogens is 1. The van der Waals surface area contributed by atoms with Gasteiger partial charge in [-0.05, 0) is 68.8 Å². The molecule has 0 saturated carbocycles. The number of hydrogen-bond acceptors (Lipinski definition) is 8. The highest BCUT2D eigenvalue weighted by atomic mass is 19.1. The van der Waals surface area contributed by atoms with Crippen LogP contribution in [-0.4, -0.2) is 83.3 Å². The van der Waals surface area contributed by atoms with Gasteiger partial charge in [0.1, 0.15) is 23.3 Å². The second-order valence-electron chi connectivity index (χ2n) is 12.6. The van der Waals surface area contributed by atoms with Gasteiger partial charge in [0.25, 0.3) is 5.91 Å². The van der Waals surface area contributed by atoms with Crippen molar-refractivity contribution in [1.82, 2.24) is 14.7 Å². The maximum absolute atomic E-state index is 15.7. The van der Waals surface area contributed by atoms with Crippen LogP contribution in [0.2, 0.25) is 0 Å². The van der Waals surface area contributed by atoms with E-state index in [-0.39, 0.29) is 29.7 Å². The van der Waals surface area contributed by atoms with Gasteiger partial charge in [0, 0.05) is 62.4 Å². The Labute approximate surface area is 260 Å². The van der Waals surface area contributed by atoms with Crippen LogP contribution in [0.5, 0.6) is 5.75 Å². The first-order valence-electron chi connectivity index (χ1n) is 15.8. The van der Waals surface area contributed by atoms with Crippen molar-refractivity contribution in [2.75, 3.05) is 45.8 Å². The summed E-state index contributed by atoms with van der Waals surface area (Å²) in [5.41, 5.74) is 20.2. The van der Waals surface area contributed by atoms with Gasteiger partial charge < -0.3 is 41.7 Å². The Morgan fingerprint density at radius 3 is 2.25 bits per heavy atom. The van der Waals surface area contributed by atoms with Crippen molar-refractivity contribution in [3.8, 4) is 5.75 Å². The lowest BCUT2D eigenvalue weighted by molar-refractivity contribution is -0.0683. The summed E-state index contributed by atoms with van der Waals surface area (Å²) < 4.78 is 22.0. The molecule has 0 spiro atoms. The highest BCUT2D eigenvalue weighted by molar-refractivity contribution is 5.94. The molecule has 44 heavy (non-hydrogen) atoms. The van der Waals surface area contributed by atoms with Crippen LogP contribution in [0.25, 0.3) is 5.70 Å². The van der Waals surface area contributed by atoms with E-state index >= 15 is 4.39 Å². The monoisotopic (exact) mass is 606 g/mol. The summed E-state index contributed by atoms with van der Waals surface area (Å²) in [7, 11) is 0.